The quantitative estimate of drug-likeness (QED) is 0.434. The molecule has 2 aromatic rings. The van der Waals surface area contributed by atoms with E-state index in [0.717, 1.165) is 18.2 Å². The minimum Gasteiger partial charge on any atom is -0.744 e. The van der Waals surface area contributed by atoms with Gasteiger partial charge in [-0.2, -0.15) is 0 Å². The maximum Gasteiger partial charge on any atom is 1.00 e. The van der Waals surface area contributed by atoms with Crippen molar-refractivity contribution in [3.8, 4) is 5.75 Å². The van der Waals surface area contributed by atoms with Crippen LogP contribution in [0.4, 0.5) is 0 Å². The van der Waals surface area contributed by atoms with E-state index in [1.807, 2.05) is 0 Å². The molecule has 1 N–H and O–H groups in total. The number of rotatable bonds is 2. The second-order valence-corrected chi connectivity index (χ2v) is 5.40. The van der Waals surface area contributed by atoms with Crippen molar-refractivity contribution >= 4 is 26.9 Å². The van der Waals surface area contributed by atoms with E-state index in [1.165, 1.54) is 13.0 Å². The molecule has 9 heteroatoms. The van der Waals surface area contributed by atoms with E-state index >= 15 is 0 Å². The molecule has 0 fully saturated rings. The molecule has 0 saturated heterocycles. The first-order valence-electron chi connectivity index (χ1n) is 5.15. The van der Waals surface area contributed by atoms with Gasteiger partial charge in [0, 0.05) is 5.56 Å². The van der Waals surface area contributed by atoms with Gasteiger partial charge < -0.3 is 19.6 Å². The molecule has 2 aromatic carbocycles. The van der Waals surface area contributed by atoms with Crippen LogP contribution in [-0.4, -0.2) is 24.0 Å². The van der Waals surface area contributed by atoms with Crippen molar-refractivity contribution in [2.45, 2.75) is 11.8 Å². The first kappa shape index (κ1) is 20.9. The van der Waals surface area contributed by atoms with E-state index in [0.29, 0.717) is 5.39 Å². The summed E-state index contributed by atoms with van der Waals surface area (Å²) in [6.07, 6.45) is 0. The van der Waals surface area contributed by atoms with Gasteiger partial charge in [-0.05, 0) is 41.5 Å². The fourth-order valence-corrected chi connectivity index (χ4v) is 2.37. The van der Waals surface area contributed by atoms with E-state index in [9.17, 15) is 28.0 Å². The minimum absolute atomic E-state index is 0. The van der Waals surface area contributed by atoms with Crippen molar-refractivity contribution in [3.63, 3.8) is 0 Å². The first-order valence-corrected chi connectivity index (χ1v) is 6.56. The summed E-state index contributed by atoms with van der Waals surface area (Å²) in [5, 5.41) is 21.2. The van der Waals surface area contributed by atoms with Crippen LogP contribution in [0.25, 0.3) is 10.8 Å². The summed E-state index contributed by atoms with van der Waals surface area (Å²) < 4.78 is 32.7. The van der Waals surface area contributed by atoms with E-state index in [1.54, 1.807) is 0 Å². The van der Waals surface area contributed by atoms with Gasteiger partial charge in [-0.3, -0.25) is 0 Å². The smallest absolute Gasteiger partial charge is 0.744 e. The van der Waals surface area contributed by atoms with Crippen LogP contribution in [0.2, 0.25) is 0 Å². The molecule has 0 aromatic heterocycles. The zero-order valence-electron chi connectivity index (χ0n) is 11.7. The van der Waals surface area contributed by atoms with Crippen molar-refractivity contribution in [1.82, 2.24) is 0 Å². The topological polar surface area (TPSA) is 118 Å². The molecule has 0 aliphatic rings. The second kappa shape index (κ2) is 7.43. The van der Waals surface area contributed by atoms with E-state index in [4.69, 9.17) is 0 Å². The molecule has 0 aliphatic heterocycles. The molecule has 0 bridgehead atoms. The molecule has 0 atom stereocenters. The molecular weight excluding hydrogens is 318 g/mol. The number of hydrogen-bond acceptors (Lipinski definition) is 6. The maximum atomic E-state index is 10.9. The molecule has 0 unspecified atom stereocenters. The standard InChI is InChI=1S/C12H10O6S.2Na/c1-6-9-3-2-8(19(16,17)18)4-7(9)5-10(11(6)13)12(14)15;;/h2-5,13H,1H3,(H,14,15)(H,16,17,18);;/q;2*+1/p-2. The van der Waals surface area contributed by atoms with Crippen molar-refractivity contribution in [3.05, 3.63) is 35.4 Å². The third-order valence-electron chi connectivity index (χ3n) is 2.85. The van der Waals surface area contributed by atoms with E-state index < -0.39 is 32.3 Å². The van der Waals surface area contributed by atoms with Crippen LogP contribution in [0, 0.1) is 6.92 Å². The summed E-state index contributed by atoms with van der Waals surface area (Å²) in [5.41, 5.74) is -0.183. The molecule has 2 rings (SSSR count). The Morgan fingerprint density at radius 3 is 2.24 bits per heavy atom. The Bertz CT molecular complexity index is 801. The Labute approximate surface area is 165 Å². The van der Waals surface area contributed by atoms with Crippen molar-refractivity contribution in [2.75, 3.05) is 0 Å². The van der Waals surface area contributed by atoms with Gasteiger partial charge in [-0.25, -0.2) is 8.42 Å². The molecule has 21 heavy (non-hydrogen) atoms. The number of carbonyl (C=O) groups is 1. The first-order chi connectivity index (χ1) is 8.71. The summed E-state index contributed by atoms with van der Waals surface area (Å²) in [6, 6.07) is 4.59. The van der Waals surface area contributed by atoms with Gasteiger partial charge in [0.1, 0.15) is 15.9 Å². The second-order valence-electron chi connectivity index (χ2n) is 4.02. The molecule has 0 saturated carbocycles. The van der Waals surface area contributed by atoms with Crippen LogP contribution in [-0.2, 0) is 10.1 Å². The predicted octanol–water partition coefficient (Wildman–Crippen LogP) is -5.87. The molecular formula is C12H8Na2O6S. The third-order valence-corrected chi connectivity index (χ3v) is 3.68. The Morgan fingerprint density at radius 2 is 1.76 bits per heavy atom. The Balaban J connectivity index is 0.00000200. The largest absolute Gasteiger partial charge is 1.00 e. The number of carboxylic acids is 1. The molecule has 100 valence electrons. The van der Waals surface area contributed by atoms with E-state index in [-0.39, 0.29) is 70.1 Å². The number of benzene rings is 2. The minimum atomic E-state index is -4.63. The summed E-state index contributed by atoms with van der Waals surface area (Å²) in [5.74, 6) is -2.02. The van der Waals surface area contributed by atoms with Gasteiger partial charge in [0.2, 0.25) is 0 Å². The number of phenols is 1. The summed E-state index contributed by atoms with van der Waals surface area (Å²) in [4.78, 5) is 10.4. The van der Waals surface area contributed by atoms with Crippen LogP contribution in [0.5, 0.6) is 5.75 Å². The van der Waals surface area contributed by atoms with Crippen LogP contribution in [0.1, 0.15) is 15.9 Å². The average Bonchev–Trinajstić information content (AvgIpc) is 2.31. The number of aromatic carboxylic acids is 1. The number of carbonyl (C=O) groups excluding carboxylic acids is 1. The van der Waals surface area contributed by atoms with Gasteiger partial charge >= 0.3 is 59.1 Å². The fourth-order valence-electron chi connectivity index (χ4n) is 1.87. The monoisotopic (exact) mass is 326 g/mol. The molecule has 0 amide bonds. The van der Waals surface area contributed by atoms with Crippen molar-refractivity contribution in [2.24, 2.45) is 0 Å². The normalized spacial score (nSPS) is 10.6. The maximum absolute atomic E-state index is 10.9. The zero-order valence-corrected chi connectivity index (χ0v) is 16.5. The number of fused-ring (bicyclic) bond motifs is 1. The van der Waals surface area contributed by atoms with Crippen LogP contribution >= 0.6 is 0 Å². The van der Waals surface area contributed by atoms with Gasteiger partial charge in [-0.15, -0.1) is 0 Å². The van der Waals surface area contributed by atoms with Crippen LogP contribution in [0.3, 0.4) is 0 Å². The molecule has 0 radical (unpaired) electrons. The molecule has 0 aliphatic carbocycles. The fraction of sp³-hybridized carbons (Fsp3) is 0.0833. The number of carboxylic acid groups (broad SMARTS) is 1. The Morgan fingerprint density at radius 1 is 1.19 bits per heavy atom. The SMILES string of the molecule is Cc1c(O)c(C(=O)[O-])cc2cc(S(=O)(=O)[O-])ccc12.[Na+].[Na+]. The van der Waals surface area contributed by atoms with E-state index in [2.05, 4.69) is 0 Å². The van der Waals surface area contributed by atoms with Crippen LogP contribution < -0.4 is 64.2 Å². The van der Waals surface area contributed by atoms with Crippen molar-refractivity contribution in [1.29, 1.82) is 0 Å². The van der Waals surface area contributed by atoms with Crippen molar-refractivity contribution < 1.29 is 87.1 Å². The number of hydrogen-bond donors (Lipinski definition) is 1. The third kappa shape index (κ3) is 4.20. The van der Waals surface area contributed by atoms with Gasteiger partial charge in [0.05, 0.1) is 10.9 Å². The van der Waals surface area contributed by atoms with Gasteiger partial charge in [0.25, 0.3) is 0 Å². The van der Waals surface area contributed by atoms with Gasteiger partial charge in [0.15, 0.2) is 0 Å². The Hall–Kier alpha value is -0.120. The summed E-state index contributed by atoms with van der Waals surface area (Å²) in [7, 11) is -4.63. The van der Waals surface area contributed by atoms with Crippen LogP contribution in [0.15, 0.2) is 29.2 Å². The molecule has 0 spiro atoms. The zero-order chi connectivity index (χ0) is 14.4. The summed E-state index contributed by atoms with van der Waals surface area (Å²) in [6.45, 7) is 1.48. The molecule has 6 nitrogen and oxygen atoms in total. The number of aromatic hydroxyl groups is 1. The Kier molecular flexibility index (Phi) is 7.39. The summed E-state index contributed by atoms with van der Waals surface area (Å²) >= 11 is 0. The predicted molar refractivity (Wildman–Crippen MR) is 62.6 cm³/mol. The average molecular weight is 326 g/mol. The molecule has 0 heterocycles. The number of aryl methyl sites for hydroxylation is 1. The van der Waals surface area contributed by atoms with Gasteiger partial charge in [-0.1, -0.05) is 6.07 Å².